The van der Waals surface area contributed by atoms with Crippen molar-refractivity contribution in [3.63, 3.8) is 0 Å². The number of anilines is 1. The van der Waals surface area contributed by atoms with Crippen molar-refractivity contribution in [2.24, 2.45) is 0 Å². The molecule has 42 heavy (non-hydrogen) atoms. The largest absolute Gasteiger partial charge is 0.416 e. The van der Waals surface area contributed by atoms with Crippen molar-refractivity contribution < 1.29 is 27.5 Å². The number of aryl methyl sites for hydroxylation is 1. The monoisotopic (exact) mass is 600 g/mol. The van der Waals surface area contributed by atoms with Crippen molar-refractivity contribution in [1.29, 1.82) is 0 Å². The van der Waals surface area contributed by atoms with Gasteiger partial charge >= 0.3 is 12.2 Å². The van der Waals surface area contributed by atoms with Crippen LogP contribution in [-0.4, -0.2) is 60.1 Å². The highest BCUT2D eigenvalue weighted by Gasteiger charge is 2.30. The zero-order valence-electron chi connectivity index (χ0n) is 23.3. The van der Waals surface area contributed by atoms with Crippen molar-refractivity contribution in [2.75, 3.05) is 38.7 Å². The molecule has 2 N–H and O–H groups in total. The van der Waals surface area contributed by atoms with E-state index in [2.05, 4.69) is 10.3 Å². The number of halogens is 4. The number of methoxy groups -OCH3 is 1. The highest BCUT2D eigenvalue weighted by Crippen LogP contribution is 2.29. The zero-order chi connectivity index (χ0) is 30.3. The zero-order valence-corrected chi connectivity index (χ0v) is 24.1. The van der Waals surface area contributed by atoms with Crippen LogP contribution in [0.25, 0.3) is 10.9 Å². The summed E-state index contributed by atoms with van der Waals surface area (Å²) >= 11 is 6.20. The van der Waals surface area contributed by atoms with Gasteiger partial charge in [-0.25, -0.2) is 4.79 Å². The minimum absolute atomic E-state index is 0.0760. The van der Waals surface area contributed by atoms with Gasteiger partial charge in [0.15, 0.2) is 0 Å². The number of nitrogens with one attached hydrogen (secondary N) is 2. The lowest BCUT2D eigenvalue weighted by Crippen LogP contribution is -2.46. The molecule has 0 fully saturated rings. The molecule has 0 radical (unpaired) electrons. The standard InChI is InChI=1S/C31H32ClF3N4O3/c1-21-7-12-25(17-27(21)32)37-30(41)39(15-16-42-2)20-29(40)38(19-22-8-10-24(11-9-22)31(33,34)35)14-13-23-18-36-28-6-4-3-5-26(23)28/h3-12,17-18,36H,13-16,19-20H2,1-2H3,(H,37,41). The average molecular weight is 601 g/mol. The van der Waals surface area contributed by atoms with Gasteiger partial charge in [-0.05, 0) is 60.4 Å². The minimum Gasteiger partial charge on any atom is -0.383 e. The van der Waals surface area contributed by atoms with Crippen LogP contribution in [0.2, 0.25) is 5.02 Å². The van der Waals surface area contributed by atoms with Crippen LogP contribution in [0, 0.1) is 6.92 Å². The number of urea groups is 1. The molecule has 0 saturated carbocycles. The summed E-state index contributed by atoms with van der Waals surface area (Å²) in [4.78, 5) is 33.0. The van der Waals surface area contributed by atoms with Crippen LogP contribution in [0.1, 0.15) is 22.3 Å². The lowest BCUT2D eigenvalue weighted by molar-refractivity contribution is -0.137. The van der Waals surface area contributed by atoms with E-state index >= 15 is 0 Å². The van der Waals surface area contributed by atoms with Gasteiger partial charge in [0.05, 0.1) is 12.2 Å². The number of alkyl halides is 3. The van der Waals surface area contributed by atoms with Gasteiger partial charge < -0.3 is 24.8 Å². The second kappa shape index (κ2) is 13.8. The molecule has 222 valence electrons. The molecule has 1 aromatic heterocycles. The molecule has 1 heterocycles. The van der Waals surface area contributed by atoms with E-state index in [-0.39, 0.29) is 38.7 Å². The number of amides is 3. The summed E-state index contributed by atoms with van der Waals surface area (Å²) in [6, 6.07) is 17.1. The topological polar surface area (TPSA) is 77.7 Å². The van der Waals surface area contributed by atoms with Gasteiger partial charge in [0, 0.05) is 54.6 Å². The summed E-state index contributed by atoms with van der Waals surface area (Å²) in [7, 11) is 1.50. The van der Waals surface area contributed by atoms with Gasteiger partial charge in [0.25, 0.3) is 0 Å². The summed E-state index contributed by atoms with van der Waals surface area (Å²) in [6.45, 7) is 2.29. The quantitative estimate of drug-likeness (QED) is 0.197. The molecule has 0 unspecified atom stereocenters. The summed E-state index contributed by atoms with van der Waals surface area (Å²) in [5.74, 6) is -0.358. The molecule has 0 aliphatic rings. The maximum absolute atomic E-state index is 13.7. The van der Waals surface area contributed by atoms with Crippen LogP contribution in [0.4, 0.5) is 23.7 Å². The lowest BCUT2D eigenvalue weighted by Gasteiger charge is -2.28. The predicted octanol–water partition coefficient (Wildman–Crippen LogP) is 6.90. The summed E-state index contributed by atoms with van der Waals surface area (Å²) in [5, 5.41) is 4.29. The van der Waals surface area contributed by atoms with Gasteiger partial charge in [-0.1, -0.05) is 48.0 Å². The van der Waals surface area contributed by atoms with E-state index in [1.54, 1.807) is 23.1 Å². The van der Waals surface area contributed by atoms with Crippen LogP contribution >= 0.6 is 11.6 Å². The van der Waals surface area contributed by atoms with E-state index in [4.69, 9.17) is 16.3 Å². The Kier molecular flexibility index (Phi) is 10.1. The molecule has 3 aromatic carbocycles. The number of para-hydroxylation sites is 1. The maximum Gasteiger partial charge on any atom is 0.416 e. The average Bonchev–Trinajstić information content (AvgIpc) is 3.38. The maximum atomic E-state index is 13.7. The number of benzene rings is 3. The van der Waals surface area contributed by atoms with Crippen LogP contribution in [0.15, 0.2) is 72.9 Å². The summed E-state index contributed by atoms with van der Waals surface area (Å²) in [6.07, 6.45) is -2.07. The number of ether oxygens (including phenoxy) is 1. The molecular formula is C31H32ClF3N4O3. The Morgan fingerprint density at radius 2 is 1.74 bits per heavy atom. The van der Waals surface area contributed by atoms with Gasteiger partial charge in [-0.15, -0.1) is 0 Å². The fourth-order valence-corrected chi connectivity index (χ4v) is 4.68. The van der Waals surface area contributed by atoms with E-state index in [0.29, 0.717) is 22.7 Å². The number of carbonyl (C=O) groups excluding carboxylic acids is 2. The van der Waals surface area contributed by atoms with E-state index in [9.17, 15) is 22.8 Å². The van der Waals surface area contributed by atoms with E-state index in [1.807, 2.05) is 37.4 Å². The van der Waals surface area contributed by atoms with E-state index in [1.165, 1.54) is 24.1 Å². The van der Waals surface area contributed by atoms with Gasteiger partial charge in [-0.2, -0.15) is 13.2 Å². The second-order valence-electron chi connectivity index (χ2n) is 9.93. The molecule has 0 aliphatic carbocycles. The molecule has 4 aromatic rings. The third-order valence-electron chi connectivity index (χ3n) is 6.94. The van der Waals surface area contributed by atoms with Crippen LogP contribution < -0.4 is 5.32 Å². The number of carbonyl (C=O) groups is 2. The first-order chi connectivity index (χ1) is 20.0. The Labute approximate surface area is 247 Å². The molecule has 0 spiro atoms. The number of aromatic nitrogens is 1. The number of nitrogens with zero attached hydrogens (tertiary/aromatic N) is 2. The molecule has 0 bridgehead atoms. The normalized spacial score (nSPS) is 11.5. The van der Waals surface area contributed by atoms with Crippen molar-refractivity contribution in [2.45, 2.75) is 26.1 Å². The molecular weight excluding hydrogens is 569 g/mol. The molecule has 0 aliphatic heterocycles. The van der Waals surface area contributed by atoms with Gasteiger partial charge in [-0.3, -0.25) is 4.79 Å². The highest BCUT2D eigenvalue weighted by atomic mass is 35.5. The van der Waals surface area contributed by atoms with E-state index < -0.39 is 17.8 Å². The van der Waals surface area contributed by atoms with E-state index in [0.717, 1.165) is 34.2 Å². The number of aromatic amines is 1. The third kappa shape index (κ3) is 8.04. The lowest BCUT2D eigenvalue weighted by atomic mass is 10.1. The fraction of sp³-hybridized carbons (Fsp3) is 0.290. The molecule has 11 heteroatoms. The highest BCUT2D eigenvalue weighted by molar-refractivity contribution is 6.31. The van der Waals surface area contributed by atoms with Crippen LogP contribution in [0.5, 0.6) is 0 Å². The Morgan fingerprint density at radius 3 is 2.43 bits per heavy atom. The summed E-state index contributed by atoms with van der Waals surface area (Å²) < 4.78 is 44.5. The van der Waals surface area contributed by atoms with Crippen molar-refractivity contribution in [1.82, 2.24) is 14.8 Å². The molecule has 3 amide bonds. The first-order valence-corrected chi connectivity index (χ1v) is 13.7. The minimum atomic E-state index is -4.46. The number of rotatable bonds is 11. The van der Waals surface area contributed by atoms with Gasteiger partial charge in [0.2, 0.25) is 5.91 Å². The number of hydrogen-bond donors (Lipinski definition) is 2. The van der Waals surface area contributed by atoms with Gasteiger partial charge in [0.1, 0.15) is 6.54 Å². The summed E-state index contributed by atoms with van der Waals surface area (Å²) in [5.41, 5.74) is 3.08. The van der Waals surface area contributed by atoms with Crippen molar-refractivity contribution in [3.8, 4) is 0 Å². The molecule has 0 saturated heterocycles. The Morgan fingerprint density at radius 1 is 1.00 bits per heavy atom. The SMILES string of the molecule is COCCN(CC(=O)N(CCc1c[nH]c2ccccc12)Cc1ccc(C(F)(F)F)cc1)C(=O)Nc1ccc(C)c(Cl)c1. The number of hydrogen-bond acceptors (Lipinski definition) is 3. The third-order valence-corrected chi connectivity index (χ3v) is 7.34. The molecule has 0 atom stereocenters. The first-order valence-electron chi connectivity index (χ1n) is 13.3. The van der Waals surface area contributed by atoms with Crippen molar-refractivity contribution >= 4 is 40.1 Å². The molecule has 4 rings (SSSR count). The number of H-pyrrole nitrogens is 1. The molecule has 7 nitrogen and oxygen atoms in total. The number of fused-ring (bicyclic) bond motifs is 1. The Hall–Kier alpha value is -4.02. The predicted molar refractivity (Wildman–Crippen MR) is 158 cm³/mol. The van der Waals surface area contributed by atoms with Crippen molar-refractivity contribution in [3.05, 3.63) is 100 Å². The Bertz CT molecular complexity index is 1520. The van der Waals surface area contributed by atoms with Crippen LogP contribution in [0.3, 0.4) is 0 Å². The Balaban J connectivity index is 1.53. The first kappa shape index (κ1) is 30.9. The smallest absolute Gasteiger partial charge is 0.383 e. The fourth-order valence-electron chi connectivity index (χ4n) is 4.50. The second-order valence-corrected chi connectivity index (χ2v) is 10.3. The van der Waals surface area contributed by atoms with Crippen LogP contribution in [-0.2, 0) is 28.7 Å².